The molecule has 1 amide bonds. The van der Waals surface area contributed by atoms with Crippen LogP contribution in [0.3, 0.4) is 0 Å². The van der Waals surface area contributed by atoms with Crippen LogP contribution in [0.2, 0.25) is 0 Å². The summed E-state index contributed by atoms with van der Waals surface area (Å²) in [6.07, 6.45) is 7.05. The number of aryl methyl sites for hydroxylation is 1. The number of anilines is 1. The van der Waals surface area contributed by atoms with E-state index in [-0.39, 0.29) is 24.6 Å². The molecule has 0 aliphatic heterocycles. The molecule has 0 saturated heterocycles. The first-order valence-corrected chi connectivity index (χ1v) is 12.8. The maximum absolute atomic E-state index is 14.2. The van der Waals surface area contributed by atoms with Crippen molar-refractivity contribution in [3.05, 3.63) is 47.4 Å². The zero-order chi connectivity index (χ0) is 24.2. The van der Waals surface area contributed by atoms with Gasteiger partial charge >= 0.3 is 0 Å². The standard InChI is InChI=1S/C22H30F2N4O4S/c1-4-5-20(26-17-7-6-15-8-16(23)9-19(24)18(15)10-17)22(29)27-21-11-28(13-25-21)14(2)12-32-33(3,30)31/h8-9,11,13-14,17,20,26H,4-7,10,12H2,1-3H3,(H,27,29). The van der Waals surface area contributed by atoms with E-state index in [1.165, 1.54) is 12.4 Å². The number of nitrogens with zero attached hydrogens (tertiary/aromatic N) is 2. The molecule has 1 heterocycles. The Morgan fingerprint density at radius 3 is 2.82 bits per heavy atom. The highest BCUT2D eigenvalue weighted by atomic mass is 32.2. The zero-order valence-electron chi connectivity index (χ0n) is 19.0. The summed E-state index contributed by atoms with van der Waals surface area (Å²) in [5.74, 6) is -1.04. The van der Waals surface area contributed by atoms with Crippen molar-refractivity contribution in [2.24, 2.45) is 0 Å². The van der Waals surface area contributed by atoms with Gasteiger partial charge in [-0.3, -0.25) is 8.98 Å². The third-order valence-electron chi connectivity index (χ3n) is 5.68. The van der Waals surface area contributed by atoms with Gasteiger partial charge in [0.05, 0.1) is 31.3 Å². The molecule has 2 N–H and O–H groups in total. The number of benzene rings is 1. The highest BCUT2D eigenvalue weighted by Gasteiger charge is 2.27. The number of hydrogen-bond acceptors (Lipinski definition) is 6. The number of nitrogens with one attached hydrogen (secondary N) is 2. The fraction of sp³-hybridized carbons (Fsp3) is 0.545. The van der Waals surface area contributed by atoms with E-state index in [2.05, 4.69) is 15.6 Å². The van der Waals surface area contributed by atoms with E-state index in [1.807, 2.05) is 6.92 Å². The van der Waals surface area contributed by atoms with Gasteiger partial charge < -0.3 is 15.2 Å². The summed E-state index contributed by atoms with van der Waals surface area (Å²) in [6, 6.07) is 1.37. The minimum absolute atomic E-state index is 0.0494. The number of imidazole rings is 1. The van der Waals surface area contributed by atoms with Crippen LogP contribution in [-0.2, 0) is 31.9 Å². The molecule has 8 nitrogen and oxygen atoms in total. The molecule has 0 spiro atoms. The van der Waals surface area contributed by atoms with Crippen LogP contribution in [0.5, 0.6) is 0 Å². The van der Waals surface area contributed by atoms with Crippen LogP contribution in [0.1, 0.15) is 50.3 Å². The van der Waals surface area contributed by atoms with Crippen LogP contribution in [0, 0.1) is 11.6 Å². The topological polar surface area (TPSA) is 102 Å². The van der Waals surface area contributed by atoms with Gasteiger partial charge in [0, 0.05) is 18.3 Å². The smallest absolute Gasteiger partial charge is 0.264 e. The number of hydrogen-bond donors (Lipinski definition) is 2. The Morgan fingerprint density at radius 2 is 2.12 bits per heavy atom. The third-order valence-corrected chi connectivity index (χ3v) is 6.25. The van der Waals surface area contributed by atoms with Gasteiger partial charge in [0.1, 0.15) is 11.6 Å². The number of rotatable bonds is 10. The Morgan fingerprint density at radius 1 is 1.36 bits per heavy atom. The van der Waals surface area contributed by atoms with Crippen molar-refractivity contribution < 1.29 is 26.2 Å². The quantitative estimate of drug-likeness (QED) is 0.503. The minimum atomic E-state index is -3.55. The molecule has 11 heteroatoms. The number of carbonyl (C=O) groups excluding carboxylic acids is 1. The lowest BCUT2D eigenvalue weighted by molar-refractivity contribution is -0.118. The maximum atomic E-state index is 14.2. The van der Waals surface area contributed by atoms with Crippen molar-refractivity contribution in [3.8, 4) is 0 Å². The first-order chi connectivity index (χ1) is 15.6. The number of amides is 1. The molecule has 3 unspecified atom stereocenters. The Hall–Kier alpha value is -2.37. The van der Waals surface area contributed by atoms with E-state index in [0.29, 0.717) is 42.6 Å². The van der Waals surface area contributed by atoms with E-state index in [0.717, 1.165) is 18.7 Å². The fourth-order valence-corrected chi connectivity index (χ4v) is 4.40. The lowest BCUT2D eigenvalue weighted by atomic mass is 9.87. The van der Waals surface area contributed by atoms with Crippen molar-refractivity contribution in [2.45, 2.75) is 64.1 Å². The summed E-state index contributed by atoms with van der Waals surface area (Å²) < 4.78 is 56.5. The predicted octanol–water partition coefficient (Wildman–Crippen LogP) is 2.95. The van der Waals surface area contributed by atoms with Gasteiger partial charge in [-0.25, -0.2) is 13.8 Å². The van der Waals surface area contributed by atoms with E-state index >= 15 is 0 Å². The van der Waals surface area contributed by atoms with Gasteiger partial charge in [-0.05, 0) is 49.8 Å². The van der Waals surface area contributed by atoms with Gasteiger partial charge in [0.25, 0.3) is 10.1 Å². The normalized spacial score (nSPS) is 17.9. The highest BCUT2D eigenvalue weighted by molar-refractivity contribution is 7.85. The Labute approximate surface area is 192 Å². The van der Waals surface area contributed by atoms with Crippen molar-refractivity contribution >= 4 is 21.8 Å². The molecule has 1 aliphatic rings. The van der Waals surface area contributed by atoms with E-state index in [4.69, 9.17) is 4.18 Å². The van der Waals surface area contributed by atoms with Gasteiger partial charge in [0.15, 0.2) is 5.82 Å². The van der Waals surface area contributed by atoms with E-state index < -0.39 is 27.8 Å². The largest absolute Gasteiger partial charge is 0.330 e. The Balaban J connectivity index is 1.61. The number of carbonyl (C=O) groups is 1. The summed E-state index contributed by atoms with van der Waals surface area (Å²) in [4.78, 5) is 17.1. The van der Waals surface area contributed by atoms with Crippen LogP contribution in [0.4, 0.5) is 14.6 Å². The van der Waals surface area contributed by atoms with Crippen molar-refractivity contribution in [3.63, 3.8) is 0 Å². The average molecular weight is 485 g/mol. The third kappa shape index (κ3) is 7.05. The van der Waals surface area contributed by atoms with Gasteiger partial charge in [0.2, 0.25) is 5.91 Å². The van der Waals surface area contributed by atoms with Crippen molar-refractivity contribution in [1.29, 1.82) is 0 Å². The van der Waals surface area contributed by atoms with Crippen LogP contribution in [0.15, 0.2) is 24.7 Å². The van der Waals surface area contributed by atoms with Crippen LogP contribution in [0.25, 0.3) is 0 Å². The lowest BCUT2D eigenvalue weighted by Crippen LogP contribution is -2.48. The van der Waals surface area contributed by atoms with E-state index in [1.54, 1.807) is 17.7 Å². The number of aromatic nitrogens is 2. The van der Waals surface area contributed by atoms with Crippen molar-refractivity contribution in [2.75, 3.05) is 18.2 Å². The molecule has 33 heavy (non-hydrogen) atoms. The molecular weight excluding hydrogens is 454 g/mol. The van der Waals surface area contributed by atoms with Crippen LogP contribution in [-0.4, -0.2) is 48.8 Å². The molecule has 0 fully saturated rings. The summed E-state index contributed by atoms with van der Waals surface area (Å²) >= 11 is 0. The molecule has 1 aromatic carbocycles. The van der Waals surface area contributed by atoms with Crippen LogP contribution >= 0.6 is 0 Å². The summed E-state index contributed by atoms with van der Waals surface area (Å²) in [7, 11) is -3.55. The molecule has 182 valence electrons. The second-order valence-electron chi connectivity index (χ2n) is 8.51. The van der Waals surface area contributed by atoms with Gasteiger partial charge in [-0.2, -0.15) is 8.42 Å². The minimum Gasteiger partial charge on any atom is -0.330 e. The first-order valence-electron chi connectivity index (χ1n) is 11.0. The molecule has 0 saturated carbocycles. The summed E-state index contributed by atoms with van der Waals surface area (Å²) in [5.41, 5.74) is 1.18. The molecule has 1 aromatic heterocycles. The molecule has 0 radical (unpaired) electrons. The monoisotopic (exact) mass is 484 g/mol. The van der Waals surface area contributed by atoms with E-state index in [9.17, 15) is 22.0 Å². The molecule has 0 bridgehead atoms. The van der Waals surface area contributed by atoms with Crippen molar-refractivity contribution in [1.82, 2.24) is 14.9 Å². The maximum Gasteiger partial charge on any atom is 0.264 e. The zero-order valence-corrected chi connectivity index (χ0v) is 19.8. The molecule has 2 aromatic rings. The van der Waals surface area contributed by atoms with Gasteiger partial charge in [-0.1, -0.05) is 13.3 Å². The molecule has 1 aliphatic carbocycles. The molecular formula is C22H30F2N4O4S. The summed E-state index contributed by atoms with van der Waals surface area (Å²) in [5, 5.41) is 6.12. The SMILES string of the molecule is CCCC(NC1CCc2cc(F)cc(F)c2C1)C(=O)Nc1cn(C(C)COS(C)(=O)=O)cn1. The lowest BCUT2D eigenvalue weighted by Gasteiger charge is -2.29. The average Bonchev–Trinajstić information content (AvgIpc) is 3.20. The highest BCUT2D eigenvalue weighted by Crippen LogP contribution is 2.26. The Kier molecular flexibility index (Phi) is 8.19. The summed E-state index contributed by atoms with van der Waals surface area (Å²) in [6.45, 7) is 3.69. The number of halogens is 2. The molecule has 3 atom stereocenters. The first kappa shape index (κ1) is 25.3. The fourth-order valence-electron chi connectivity index (χ4n) is 3.96. The Bertz CT molecular complexity index is 1090. The number of fused-ring (bicyclic) bond motifs is 1. The predicted molar refractivity (Wildman–Crippen MR) is 120 cm³/mol. The van der Waals surface area contributed by atoms with Crippen LogP contribution < -0.4 is 10.6 Å². The molecule has 3 rings (SSSR count). The second kappa shape index (κ2) is 10.7. The second-order valence-corrected chi connectivity index (χ2v) is 10.1. The van der Waals surface area contributed by atoms with Gasteiger partial charge in [-0.15, -0.1) is 0 Å².